The number of aryl methyl sites for hydroxylation is 2. The summed E-state index contributed by atoms with van der Waals surface area (Å²) in [5.74, 6) is -0.115. The van der Waals surface area contributed by atoms with Crippen LogP contribution in [0, 0.1) is 13.8 Å². The molecule has 1 amide bonds. The molecule has 0 unspecified atom stereocenters. The molecule has 4 rings (SSSR count). The maximum atomic E-state index is 13.1. The molecule has 0 bridgehead atoms. The number of hydrogen-bond acceptors (Lipinski definition) is 4. The van der Waals surface area contributed by atoms with Crippen LogP contribution < -0.4 is 0 Å². The number of carbonyl (C=O) groups excluding carboxylic acids is 1. The predicted octanol–water partition coefficient (Wildman–Crippen LogP) is 3.65. The highest BCUT2D eigenvalue weighted by Gasteiger charge is 2.31. The lowest BCUT2D eigenvalue weighted by Crippen LogP contribution is -2.50. The van der Waals surface area contributed by atoms with Crippen LogP contribution in [0.2, 0.25) is 5.15 Å². The zero-order valence-electron chi connectivity index (χ0n) is 16.8. The monoisotopic (exact) mass is 443 g/mol. The van der Waals surface area contributed by atoms with Crippen molar-refractivity contribution in [3.8, 4) is 0 Å². The molecule has 1 aromatic heterocycles. The fourth-order valence-corrected chi connectivity index (χ4v) is 5.56. The number of amides is 1. The highest BCUT2D eigenvalue weighted by molar-refractivity contribution is 7.89. The lowest BCUT2D eigenvalue weighted by atomic mass is 10.1. The lowest BCUT2D eigenvalue weighted by Gasteiger charge is -2.34. The summed E-state index contributed by atoms with van der Waals surface area (Å²) >= 11 is 5.92. The van der Waals surface area contributed by atoms with Crippen molar-refractivity contribution < 1.29 is 13.2 Å². The zero-order chi connectivity index (χ0) is 21.5. The van der Waals surface area contributed by atoms with Crippen LogP contribution in [0.15, 0.2) is 53.4 Å². The highest BCUT2D eigenvalue weighted by Crippen LogP contribution is 2.23. The van der Waals surface area contributed by atoms with Crippen LogP contribution in [0.1, 0.15) is 21.5 Å². The van der Waals surface area contributed by atoms with E-state index in [2.05, 4.69) is 4.98 Å². The van der Waals surface area contributed by atoms with Gasteiger partial charge >= 0.3 is 0 Å². The van der Waals surface area contributed by atoms with Crippen LogP contribution in [-0.4, -0.2) is 54.7 Å². The average molecular weight is 444 g/mol. The standard InChI is InChI=1S/C22H22ClN3O3S/c1-15-3-4-16(2)20(13-15)30(28,29)26-11-9-25(10-12-26)22(27)18-5-7-19-17(14-18)6-8-21(23)24-19/h3-8,13-14H,9-12H2,1-2H3. The second kappa shape index (κ2) is 7.98. The van der Waals surface area contributed by atoms with Crippen molar-refractivity contribution in [3.05, 3.63) is 70.4 Å². The summed E-state index contributed by atoms with van der Waals surface area (Å²) in [5.41, 5.74) is 2.91. The molecule has 0 atom stereocenters. The molecule has 0 aliphatic carbocycles. The first-order chi connectivity index (χ1) is 14.3. The molecule has 1 saturated heterocycles. The molecule has 156 valence electrons. The van der Waals surface area contributed by atoms with Gasteiger partial charge in [0.15, 0.2) is 0 Å². The van der Waals surface area contributed by atoms with Crippen molar-refractivity contribution in [1.29, 1.82) is 0 Å². The van der Waals surface area contributed by atoms with E-state index in [0.29, 0.717) is 28.7 Å². The molecule has 3 aromatic rings. The second-order valence-electron chi connectivity index (χ2n) is 7.51. The van der Waals surface area contributed by atoms with Crippen LogP contribution >= 0.6 is 11.6 Å². The number of rotatable bonds is 3. The quantitative estimate of drug-likeness (QED) is 0.579. The first kappa shape index (κ1) is 20.8. The maximum Gasteiger partial charge on any atom is 0.253 e. The summed E-state index contributed by atoms with van der Waals surface area (Å²) in [6.07, 6.45) is 0. The van der Waals surface area contributed by atoms with Gasteiger partial charge in [-0.2, -0.15) is 4.31 Å². The summed E-state index contributed by atoms with van der Waals surface area (Å²) in [6.45, 7) is 4.91. The number of pyridine rings is 1. The number of hydrogen-bond donors (Lipinski definition) is 0. The van der Waals surface area contributed by atoms with Crippen LogP contribution in [-0.2, 0) is 10.0 Å². The van der Waals surface area contributed by atoms with Crippen molar-refractivity contribution >= 4 is 38.4 Å². The molecule has 2 heterocycles. The summed E-state index contributed by atoms with van der Waals surface area (Å²) in [5, 5.41) is 1.24. The molecule has 2 aromatic carbocycles. The van der Waals surface area contributed by atoms with E-state index in [1.165, 1.54) is 4.31 Å². The fourth-order valence-electron chi connectivity index (χ4n) is 3.67. The van der Waals surface area contributed by atoms with Gasteiger partial charge in [-0.1, -0.05) is 23.7 Å². The second-order valence-corrected chi connectivity index (χ2v) is 9.80. The first-order valence-corrected chi connectivity index (χ1v) is 11.5. The number of aromatic nitrogens is 1. The Labute approximate surface area is 181 Å². The van der Waals surface area contributed by atoms with Gasteiger partial charge in [0, 0.05) is 37.1 Å². The van der Waals surface area contributed by atoms with Gasteiger partial charge in [-0.25, -0.2) is 13.4 Å². The minimum Gasteiger partial charge on any atom is -0.336 e. The third-order valence-electron chi connectivity index (χ3n) is 5.39. The molecule has 1 fully saturated rings. The average Bonchev–Trinajstić information content (AvgIpc) is 2.74. The highest BCUT2D eigenvalue weighted by atomic mass is 35.5. The number of piperazine rings is 1. The maximum absolute atomic E-state index is 13.1. The Morgan fingerprint density at radius 2 is 1.70 bits per heavy atom. The zero-order valence-corrected chi connectivity index (χ0v) is 18.4. The minimum absolute atomic E-state index is 0.115. The molecule has 0 N–H and O–H groups in total. The summed E-state index contributed by atoms with van der Waals surface area (Å²) in [4.78, 5) is 19.2. The Kier molecular flexibility index (Phi) is 5.53. The first-order valence-electron chi connectivity index (χ1n) is 9.69. The number of benzene rings is 2. The third kappa shape index (κ3) is 3.93. The molecule has 0 radical (unpaired) electrons. The SMILES string of the molecule is Cc1ccc(C)c(S(=O)(=O)N2CCN(C(=O)c3ccc4nc(Cl)ccc4c3)CC2)c1. The summed E-state index contributed by atoms with van der Waals surface area (Å²) in [6, 6.07) is 14.2. The molecule has 1 aliphatic heterocycles. The van der Waals surface area contributed by atoms with E-state index >= 15 is 0 Å². The van der Waals surface area contributed by atoms with Gasteiger partial charge in [-0.15, -0.1) is 0 Å². The van der Waals surface area contributed by atoms with Gasteiger partial charge in [-0.05, 0) is 61.4 Å². The predicted molar refractivity (Wildman–Crippen MR) is 117 cm³/mol. The van der Waals surface area contributed by atoms with E-state index in [-0.39, 0.29) is 19.0 Å². The molecular weight excluding hydrogens is 422 g/mol. The van der Waals surface area contributed by atoms with E-state index < -0.39 is 10.0 Å². The van der Waals surface area contributed by atoms with Gasteiger partial charge in [-0.3, -0.25) is 4.79 Å². The summed E-state index contributed by atoms with van der Waals surface area (Å²) < 4.78 is 27.6. The molecule has 30 heavy (non-hydrogen) atoms. The normalized spacial score (nSPS) is 15.5. The molecule has 6 nitrogen and oxygen atoms in total. The Bertz CT molecular complexity index is 1240. The van der Waals surface area contributed by atoms with Crippen molar-refractivity contribution in [2.75, 3.05) is 26.2 Å². The van der Waals surface area contributed by atoms with Gasteiger partial charge in [0.05, 0.1) is 10.4 Å². The van der Waals surface area contributed by atoms with E-state index in [1.807, 2.05) is 25.1 Å². The van der Waals surface area contributed by atoms with Gasteiger partial charge in [0.1, 0.15) is 5.15 Å². The summed E-state index contributed by atoms with van der Waals surface area (Å²) in [7, 11) is -3.59. The topological polar surface area (TPSA) is 70.6 Å². The van der Waals surface area contributed by atoms with Gasteiger partial charge in [0.2, 0.25) is 10.0 Å². The van der Waals surface area contributed by atoms with Crippen LogP contribution in [0.25, 0.3) is 10.9 Å². The van der Waals surface area contributed by atoms with Crippen LogP contribution in [0.5, 0.6) is 0 Å². The lowest BCUT2D eigenvalue weighted by molar-refractivity contribution is 0.0698. The third-order valence-corrected chi connectivity index (χ3v) is 7.64. The van der Waals surface area contributed by atoms with E-state index in [9.17, 15) is 13.2 Å². The molecule has 0 saturated carbocycles. The van der Waals surface area contributed by atoms with Crippen LogP contribution in [0.3, 0.4) is 0 Å². The Balaban J connectivity index is 1.49. The Morgan fingerprint density at radius 3 is 2.43 bits per heavy atom. The number of nitrogens with zero attached hydrogens (tertiary/aromatic N) is 3. The number of fused-ring (bicyclic) bond motifs is 1. The number of carbonyl (C=O) groups is 1. The molecular formula is C22H22ClN3O3S. The minimum atomic E-state index is -3.59. The van der Waals surface area contributed by atoms with Crippen molar-refractivity contribution in [1.82, 2.24) is 14.2 Å². The fraction of sp³-hybridized carbons (Fsp3) is 0.273. The molecule has 8 heteroatoms. The largest absolute Gasteiger partial charge is 0.336 e. The molecule has 0 spiro atoms. The van der Waals surface area contributed by atoms with Crippen LogP contribution in [0.4, 0.5) is 0 Å². The smallest absolute Gasteiger partial charge is 0.253 e. The number of sulfonamides is 1. The van der Waals surface area contributed by atoms with Crippen molar-refractivity contribution in [2.45, 2.75) is 18.7 Å². The van der Waals surface area contributed by atoms with E-state index in [4.69, 9.17) is 11.6 Å². The van der Waals surface area contributed by atoms with Gasteiger partial charge in [0.25, 0.3) is 5.91 Å². The van der Waals surface area contributed by atoms with E-state index in [0.717, 1.165) is 22.0 Å². The van der Waals surface area contributed by atoms with E-state index in [1.54, 1.807) is 42.2 Å². The van der Waals surface area contributed by atoms with Crippen molar-refractivity contribution in [3.63, 3.8) is 0 Å². The Morgan fingerprint density at radius 1 is 0.967 bits per heavy atom. The number of halogens is 1. The van der Waals surface area contributed by atoms with Gasteiger partial charge < -0.3 is 4.90 Å². The van der Waals surface area contributed by atoms with Crippen molar-refractivity contribution in [2.24, 2.45) is 0 Å². The molecule has 1 aliphatic rings. The Hall–Kier alpha value is -2.48.